The average Bonchev–Trinajstić information content (AvgIpc) is 2.48. The second kappa shape index (κ2) is 7.73. The lowest BCUT2D eigenvalue weighted by molar-refractivity contribution is 0.282. The lowest BCUT2D eigenvalue weighted by atomic mass is 9.96. The maximum Gasteiger partial charge on any atom is 0.279 e. The van der Waals surface area contributed by atoms with Gasteiger partial charge in [0.25, 0.3) is 10.2 Å². The fourth-order valence-electron chi connectivity index (χ4n) is 3.31. The molecular weight excluding hydrogens is 274 g/mol. The van der Waals surface area contributed by atoms with Crippen LogP contribution in [0, 0.1) is 5.92 Å². The molecule has 5 nitrogen and oxygen atoms in total. The van der Waals surface area contributed by atoms with Crippen LogP contribution in [0.2, 0.25) is 0 Å². The molecule has 0 aromatic heterocycles. The van der Waals surface area contributed by atoms with Crippen molar-refractivity contribution in [2.24, 2.45) is 5.92 Å². The van der Waals surface area contributed by atoms with Crippen LogP contribution in [0.4, 0.5) is 0 Å². The lowest BCUT2D eigenvalue weighted by Gasteiger charge is -2.30. The molecule has 118 valence electrons. The van der Waals surface area contributed by atoms with Gasteiger partial charge in [0.15, 0.2) is 0 Å². The third kappa shape index (κ3) is 4.69. The van der Waals surface area contributed by atoms with Crippen molar-refractivity contribution in [3.63, 3.8) is 0 Å². The van der Waals surface area contributed by atoms with Crippen LogP contribution in [0.5, 0.6) is 0 Å². The first-order chi connectivity index (χ1) is 9.59. The molecule has 2 N–H and O–H groups in total. The van der Waals surface area contributed by atoms with Crippen molar-refractivity contribution in [3.8, 4) is 0 Å². The largest absolute Gasteiger partial charge is 0.316 e. The normalized spacial score (nSPS) is 26.0. The van der Waals surface area contributed by atoms with Crippen LogP contribution in [0.25, 0.3) is 0 Å². The summed E-state index contributed by atoms with van der Waals surface area (Å²) >= 11 is 0. The molecule has 1 aliphatic carbocycles. The highest BCUT2D eigenvalue weighted by Crippen LogP contribution is 2.23. The van der Waals surface area contributed by atoms with Crippen molar-refractivity contribution >= 4 is 10.2 Å². The third-order valence-electron chi connectivity index (χ3n) is 4.70. The first-order valence-electron chi connectivity index (χ1n) is 8.03. The summed E-state index contributed by atoms with van der Waals surface area (Å²) < 4.78 is 28.9. The van der Waals surface area contributed by atoms with Crippen LogP contribution in [0.3, 0.4) is 0 Å². The van der Waals surface area contributed by atoms with E-state index in [1.54, 1.807) is 11.4 Å². The molecule has 1 saturated heterocycles. The molecule has 1 heterocycles. The zero-order valence-electron chi connectivity index (χ0n) is 12.6. The minimum Gasteiger partial charge on any atom is -0.316 e. The zero-order chi connectivity index (χ0) is 14.4. The van der Waals surface area contributed by atoms with Gasteiger partial charge in [-0.3, -0.25) is 0 Å². The highest BCUT2D eigenvalue weighted by Gasteiger charge is 2.27. The van der Waals surface area contributed by atoms with E-state index in [4.69, 9.17) is 0 Å². The van der Waals surface area contributed by atoms with Gasteiger partial charge < -0.3 is 5.32 Å². The number of rotatable bonds is 6. The monoisotopic (exact) mass is 303 g/mol. The second-order valence-corrected chi connectivity index (χ2v) is 8.02. The Kier molecular flexibility index (Phi) is 6.26. The van der Waals surface area contributed by atoms with E-state index in [-0.39, 0.29) is 6.04 Å². The van der Waals surface area contributed by atoms with E-state index in [0.29, 0.717) is 12.5 Å². The van der Waals surface area contributed by atoms with Crippen LogP contribution in [0.1, 0.15) is 51.4 Å². The van der Waals surface area contributed by atoms with Gasteiger partial charge in [-0.05, 0) is 51.1 Å². The van der Waals surface area contributed by atoms with E-state index in [2.05, 4.69) is 10.0 Å². The molecule has 2 aliphatic rings. The fourth-order valence-corrected chi connectivity index (χ4v) is 4.49. The van der Waals surface area contributed by atoms with Gasteiger partial charge in [-0.1, -0.05) is 19.3 Å². The van der Waals surface area contributed by atoms with E-state index in [1.807, 2.05) is 0 Å². The Morgan fingerprint density at radius 3 is 2.55 bits per heavy atom. The van der Waals surface area contributed by atoms with Crippen molar-refractivity contribution < 1.29 is 8.42 Å². The summed E-state index contributed by atoms with van der Waals surface area (Å²) in [6.07, 6.45) is 8.91. The van der Waals surface area contributed by atoms with Gasteiger partial charge in [0.1, 0.15) is 0 Å². The van der Waals surface area contributed by atoms with E-state index in [9.17, 15) is 8.42 Å². The predicted octanol–water partition coefficient (Wildman–Crippen LogP) is 1.47. The summed E-state index contributed by atoms with van der Waals surface area (Å²) in [7, 11) is -1.58. The zero-order valence-corrected chi connectivity index (χ0v) is 13.4. The minimum absolute atomic E-state index is 0.192. The Hall–Kier alpha value is -0.170. The Balaban J connectivity index is 1.74. The molecule has 0 aromatic rings. The Bertz CT molecular complexity index is 374. The van der Waals surface area contributed by atoms with Crippen molar-refractivity contribution in [1.29, 1.82) is 0 Å². The number of nitrogens with one attached hydrogen (secondary N) is 2. The van der Waals surface area contributed by atoms with Crippen LogP contribution >= 0.6 is 0 Å². The summed E-state index contributed by atoms with van der Waals surface area (Å²) in [6, 6.07) is 0.192. The van der Waals surface area contributed by atoms with Gasteiger partial charge in [0, 0.05) is 19.6 Å². The maximum absolute atomic E-state index is 12.3. The Morgan fingerprint density at radius 2 is 1.90 bits per heavy atom. The van der Waals surface area contributed by atoms with Gasteiger partial charge >= 0.3 is 0 Å². The molecule has 2 fully saturated rings. The molecule has 2 rings (SSSR count). The highest BCUT2D eigenvalue weighted by atomic mass is 32.2. The fraction of sp³-hybridized carbons (Fsp3) is 1.00. The summed E-state index contributed by atoms with van der Waals surface area (Å²) in [5, 5.41) is 3.37. The van der Waals surface area contributed by atoms with E-state index in [1.165, 1.54) is 19.3 Å². The quantitative estimate of drug-likeness (QED) is 0.781. The topological polar surface area (TPSA) is 61.4 Å². The van der Waals surface area contributed by atoms with Gasteiger partial charge in [0.2, 0.25) is 0 Å². The van der Waals surface area contributed by atoms with Crippen molar-refractivity contribution in [3.05, 3.63) is 0 Å². The first kappa shape index (κ1) is 16.2. The van der Waals surface area contributed by atoms with E-state index in [0.717, 1.165) is 45.2 Å². The highest BCUT2D eigenvalue weighted by molar-refractivity contribution is 7.87. The van der Waals surface area contributed by atoms with Crippen LogP contribution in [-0.4, -0.2) is 45.4 Å². The molecule has 1 aliphatic heterocycles. The third-order valence-corrected chi connectivity index (χ3v) is 6.33. The number of piperidine rings is 1. The lowest BCUT2D eigenvalue weighted by Crippen LogP contribution is -2.45. The molecule has 20 heavy (non-hydrogen) atoms. The molecule has 1 saturated carbocycles. The van der Waals surface area contributed by atoms with Crippen LogP contribution < -0.4 is 10.0 Å². The second-order valence-electron chi connectivity index (χ2n) is 6.21. The molecule has 0 radical (unpaired) electrons. The summed E-state index contributed by atoms with van der Waals surface area (Å²) in [6.45, 7) is 2.69. The maximum atomic E-state index is 12.3. The molecule has 1 atom stereocenters. The van der Waals surface area contributed by atoms with E-state index >= 15 is 0 Å². The minimum atomic E-state index is -3.30. The number of nitrogens with zero attached hydrogens (tertiary/aromatic N) is 1. The summed E-state index contributed by atoms with van der Waals surface area (Å²) in [5.41, 5.74) is 0. The molecule has 0 amide bonds. The van der Waals surface area contributed by atoms with Crippen molar-refractivity contribution in [1.82, 2.24) is 14.3 Å². The first-order valence-corrected chi connectivity index (χ1v) is 9.47. The van der Waals surface area contributed by atoms with Gasteiger partial charge in [-0.15, -0.1) is 0 Å². The van der Waals surface area contributed by atoms with Gasteiger partial charge in [-0.25, -0.2) is 4.72 Å². The number of hydrogen-bond donors (Lipinski definition) is 2. The smallest absolute Gasteiger partial charge is 0.279 e. The van der Waals surface area contributed by atoms with E-state index < -0.39 is 10.2 Å². The van der Waals surface area contributed by atoms with Crippen LogP contribution in [-0.2, 0) is 10.2 Å². The standard InChI is InChI=1S/C14H29N3O2S/c1-17(14-7-3-2-4-8-14)20(18,19)16-11-9-13-6-5-10-15-12-13/h13-16H,2-12H2,1H3. The average molecular weight is 303 g/mol. The molecule has 0 aromatic carbocycles. The molecule has 6 heteroatoms. The van der Waals surface area contributed by atoms with Crippen LogP contribution in [0.15, 0.2) is 0 Å². The molecule has 0 bridgehead atoms. The van der Waals surface area contributed by atoms with Gasteiger partial charge in [-0.2, -0.15) is 12.7 Å². The summed E-state index contributed by atoms with van der Waals surface area (Å²) in [4.78, 5) is 0. The van der Waals surface area contributed by atoms with Crippen molar-refractivity contribution in [2.45, 2.75) is 57.4 Å². The molecule has 1 unspecified atom stereocenters. The summed E-state index contributed by atoms with van der Waals surface area (Å²) in [5.74, 6) is 0.617. The van der Waals surface area contributed by atoms with Crippen molar-refractivity contribution in [2.75, 3.05) is 26.7 Å². The predicted molar refractivity (Wildman–Crippen MR) is 81.8 cm³/mol. The molecular formula is C14H29N3O2S. The number of hydrogen-bond acceptors (Lipinski definition) is 3. The van der Waals surface area contributed by atoms with Gasteiger partial charge in [0.05, 0.1) is 0 Å². The molecule has 0 spiro atoms. The Labute approximate surface area is 123 Å². The SMILES string of the molecule is CN(C1CCCCC1)S(=O)(=O)NCCC1CCCNC1. The Morgan fingerprint density at radius 1 is 1.15 bits per heavy atom.